The van der Waals surface area contributed by atoms with Crippen LogP contribution in [0.4, 0.5) is 0 Å². The Morgan fingerprint density at radius 2 is 1.88 bits per heavy atom. The van der Waals surface area contributed by atoms with Crippen molar-refractivity contribution in [2.24, 2.45) is 0 Å². The van der Waals surface area contributed by atoms with E-state index in [2.05, 4.69) is 10.3 Å². The van der Waals surface area contributed by atoms with Gasteiger partial charge >= 0.3 is 5.97 Å². The largest absolute Gasteiger partial charge is 0.480 e. The van der Waals surface area contributed by atoms with E-state index in [1.54, 1.807) is 0 Å². The molecule has 170 valence electrons. The van der Waals surface area contributed by atoms with Crippen molar-refractivity contribution in [3.05, 3.63) is 76.4 Å². The second-order valence-electron chi connectivity index (χ2n) is 8.06. The maximum absolute atomic E-state index is 12.7. The first-order chi connectivity index (χ1) is 15.9. The van der Waals surface area contributed by atoms with Gasteiger partial charge in [-0.15, -0.1) is 11.3 Å². The molecule has 1 atom stereocenters. The maximum Gasteiger partial charge on any atom is 0.326 e. The molecule has 2 heterocycles. The molecule has 0 aliphatic carbocycles. The highest BCUT2D eigenvalue weighted by molar-refractivity contribution is 7.17. The third-order valence-corrected chi connectivity index (χ3v) is 6.89. The van der Waals surface area contributed by atoms with Gasteiger partial charge in [-0.2, -0.15) is 0 Å². The number of nitrogens with one attached hydrogen (secondary N) is 1. The predicted molar refractivity (Wildman–Crippen MR) is 126 cm³/mol. The molecule has 0 bridgehead atoms. The Morgan fingerprint density at radius 1 is 1.12 bits per heavy atom. The molecule has 7 nitrogen and oxygen atoms in total. The zero-order chi connectivity index (χ0) is 23.4. The molecular formula is C25H25N3O4S. The molecule has 33 heavy (non-hydrogen) atoms. The van der Waals surface area contributed by atoms with Crippen LogP contribution in [0.3, 0.4) is 0 Å². The molecule has 1 aliphatic rings. The Bertz CT molecular complexity index is 1180. The van der Waals surface area contributed by atoms with Gasteiger partial charge in [0, 0.05) is 13.1 Å². The molecule has 1 aliphatic heterocycles. The van der Waals surface area contributed by atoms with Crippen molar-refractivity contribution >= 4 is 29.1 Å². The Balaban J connectivity index is 1.38. The number of thiazole rings is 1. The summed E-state index contributed by atoms with van der Waals surface area (Å²) in [4.78, 5) is 43.5. The van der Waals surface area contributed by atoms with Crippen LogP contribution in [0.1, 0.15) is 39.5 Å². The van der Waals surface area contributed by atoms with Gasteiger partial charge < -0.3 is 15.3 Å². The molecular weight excluding hydrogens is 438 g/mol. The van der Waals surface area contributed by atoms with Crippen LogP contribution in [0.15, 0.2) is 54.6 Å². The average molecular weight is 464 g/mol. The van der Waals surface area contributed by atoms with Crippen LogP contribution in [0.5, 0.6) is 0 Å². The predicted octanol–water partition coefficient (Wildman–Crippen LogP) is 3.67. The number of carbonyl (C=O) groups excluding carboxylic acids is 2. The Hall–Kier alpha value is -3.52. The summed E-state index contributed by atoms with van der Waals surface area (Å²) < 4.78 is 0. The molecule has 2 aromatic carbocycles. The van der Waals surface area contributed by atoms with Gasteiger partial charge in [-0.1, -0.05) is 54.6 Å². The van der Waals surface area contributed by atoms with Gasteiger partial charge in [-0.05, 0) is 36.5 Å². The molecule has 2 amide bonds. The fourth-order valence-electron chi connectivity index (χ4n) is 4.06. The van der Waals surface area contributed by atoms with Crippen molar-refractivity contribution in [3.63, 3.8) is 0 Å². The smallest absolute Gasteiger partial charge is 0.326 e. The minimum Gasteiger partial charge on any atom is -0.480 e. The van der Waals surface area contributed by atoms with Crippen LogP contribution >= 0.6 is 11.3 Å². The minimum absolute atomic E-state index is 0.137. The van der Waals surface area contributed by atoms with Crippen LogP contribution in [0, 0.1) is 6.92 Å². The van der Waals surface area contributed by atoms with E-state index in [4.69, 9.17) is 0 Å². The molecule has 0 saturated carbocycles. The summed E-state index contributed by atoms with van der Waals surface area (Å²) in [6.45, 7) is 2.68. The molecule has 1 saturated heterocycles. The van der Waals surface area contributed by atoms with Gasteiger partial charge in [0.15, 0.2) is 5.01 Å². The molecule has 4 rings (SSSR count). The summed E-state index contributed by atoms with van der Waals surface area (Å²) in [5.41, 5.74) is 3.51. The van der Waals surface area contributed by atoms with Crippen molar-refractivity contribution in [2.45, 2.75) is 38.8 Å². The third-order valence-electron chi connectivity index (χ3n) is 5.68. The Labute approximate surface area is 196 Å². The van der Waals surface area contributed by atoms with Crippen molar-refractivity contribution in [1.82, 2.24) is 15.2 Å². The lowest BCUT2D eigenvalue weighted by atomic mass is 10.1. The Morgan fingerprint density at radius 3 is 2.64 bits per heavy atom. The van der Waals surface area contributed by atoms with Crippen molar-refractivity contribution in [2.75, 3.05) is 6.54 Å². The number of amides is 2. The zero-order valence-electron chi connectivity index (χ0n) is 18.3. The number of aliphatic carboxylic acids is 1. The number of aryl methyl sites for hydroxylation is 1. The zero-order valence-corrected chi connectivity index (χ0v) is 19.1. The molecule has 0 radical (unpaired) electrons. The molecule has 2 N–H and O–H groups in total. The fraction of sp³-hybridized carbons (Fsp3) is 0.280. The quantitative estimate of drug-likeness (QED) is 0.557. The van der Waals surface area contributed by atoms with Crippen LogP contribution in [-0.4, -0.2) is 45.4 Å². The van der Waals surface area contributed by atoms with Crippen LogP contribution in [0.25, 0.3) is 10.4 Å². The van der Waals surface area contributed by atoms with E-state index in [9.17, 15) is 19.5 Å². The van der Waals surface area contributed by atoms with Crippen molar-refractivity contribution in [3.8, 4) is 10.4 Å². The summed E-state index contributed by atoms with van der Waals surface area (Å²) in [7, 11) is 0. The highest BCUT2D eigenvalue weighted by Gasteiger charge is 2.33. The number of aromatic nitrogens is 1. The second-order valence-corrected chi connectivity index (χ2v) is 9.06. The van der Waals surface area contributed by atoms with Gasteiger partial charge in [-0.3, -0.25) is 9.59 Å². The topological polar surface area (TPSA) is 99.6 Å². The number of carboxylic acid groups (broad SMARTS) is 1. The molecule has 8 heteroatoms. The molecule has 1 fully saturated rings. The lowest BCUT2D eigenvalue weighted by molar-refractivity contribution is -0.148. The van der Waals surface area contributed by atoms with Gasteiger partial charge in [0.1, 0.15) is 6.04 Å². The van der Waals surface area contributed by atoms with E-state index in [-0.39, 0.29) is 18.2 Å². The van der Waals surface area contributed by atoms with Crippen molar-refractivity contribution in [1.29, 1.82) is 0 Å². The SMILES string of the molecule is Cc1nc(C(=O)NCc2cccc(CC(=O)N3CCC[C@@H]3C(=O)O)c2)sc1-c1ccccc1. The number of rotatable bonds is 7. The first-order valence-electron chi connectivity index (χ1n) is 10.8. The second kappa shape index (κ2) is 9.95. The molecule has 0 spiro atoms. The van der Waals surface area contributed by atoms with E-state index in [1.165, 1.54) is 16.2 Å². The van der Waals surface area contributed by atoms with Gasteiger partial charge in [0.05, 0.1) is 17.0 Å². The standard InChI is InChI=1S/C25H25N3O4S/c1-16-22(19-9-3-2-4-10-19)33-24(27-16)23(30)26-15-18-8-5-7-17(13-18)14-21(29)28-12-6-11-20(28)25(31)32/h2-5,7-10,13,20H,6,11-12,14-15H2,1H3,(H,26,30)(H,31,32)/t20-/m1/s1. The molecule has 3 aromatic rings. The highest BCUT2D eigenvalue weighted by Crippen LogP contribution is 2.29. The van der Waals surface area contributed by atoms with Gasteiger partial charge in [0.2, 0.25) is 5.91 Å². The number of likely N-dealkylation sites (tertiary alicyclic amines) is 1. The van der Waals surface area contributed by atoms with Gasteiger partial charge in [0.25, 0.3) is 5.91 Å². The number of carbonyl (C=O) groups is 3. The monoisotopic (exact) mass is 463 g/mol. The first-order valence-corrected chi connectivity index (χ1v) is 11.6. The van der Waals surface area contributed by atoms with E-state index in [0.29, 0.717) is 30.9 Å². The normalized spacial score (nSPS) is 15.4. The summed E-state index contributed by atoms with van der Waals surface area (Å²) in [6.07, 6.45) is 1.34. The minimum atomic E-state index is -0.954. The number of carboxylic acids is 1. The summed E-state index contributed by atoms with van der Waals surface area (Å²) in [5, 5.41) is 12.6. The Kier molecular flexibility index (Phi) is 6.84. The molecule has 1 aromatic heterocycles. The fourth-order valence-corrected chi connectivity index (χ4v) is 5.04. The van der Waals surface area contributed by atoms with E-state index >= 15 is 0 Å². The lowest BCUT2D eigenvalue weighted by Crippen LogP contribution is -2.41. The average Bonchev–Trinajstić information content (AvgIpc) is 3.46. The first kappa shape index (κ1) is 22.7. The summed E-state index contributed by atoms with van der Waals surface area (Å²) >= 11 is 1.36. The highest BCUT2D eigenvalue weighted by atomic mass is 32.1. The summed E-state index contributed by atoms with van der Waals surface area (Å²) in [5.74, 6) is -1.38. The lowest BCUT2D eigenvalue weighted by Gasteiger charge is -2.21. The third kappa shape index (κ3) is 5.28. The van der Waals surface area contributed by atoms with E-state index < -0.39 is 12.0 Å². The number of benzene rings is 2. The summed E-state index contributed by atoms with van der Waals surface area (Å²) in [6, 6.07) is 16.5. The molecule has 0 unspecified atom stereocenters. The van der Waals surface area contributed by atoms with Gasteiger partial charge in [-0.25, -0.2) is 9.78 Å². The number of nitrogens with zero attached hydrogens (tertiary/aromatic N) is 2. The van der Waals surface area contributed by atoms with E-state index in [1.807, 2.05) is 61.5 Å². The van der Waals surface area contributed by atoms with E-state index in [0.717, 1.165) is 27.3 Å². The number of hydrogen-bond donors (Lipinski definition) is 2. The van der Waals surface area contributed by atoms with Crippen molar-refractivity contribution < 1.29 is 19.5 Å². The number of hydrogen-bond acceptors (Lipinski definition) is 5. The maximum atomic E-state index is 12.7. The van der Waals surface area contributed by atoms with Crippen LogP contribution < -0.4 is 5.32 Å². The van der Waals surface area contributed by atoms with Crippen LogP contribution in [-0.2, 0) is 22.6 Å². The van der Waals surface area contributed by atoms with Crippen LogP contribution in [0.2, 0.25) is 0 Å².